The standard InChI is InChI=1S/C19H40N2/c1-15(2)11-18(6)21(7)14-19(13-20-16(3)4)10-8-9-17(5)12-19/h15-18,20H,8-14H2,1-7H3. The first kappa shape index (κ1) is 19.0. The highest BCUT2D eigenvalue weighted by atomic mass is 15.1. The molecule has 1 N–H and O–H groups in total. The SMILES string of the molecule is CC(C)CC(C)N(C)CC1(CNC(C)C)CCCC(C)C1. The van der Waals surface area contributed by atoms with E-state index in [1.165, 1.54) is 45.2 Å². The number of rotatable bonds is 8. The first-order valence-corrected chi connectivity index (χ1v) is 9.18. The number of nitrogens with one attached hydrogen (secondary N) is 1. The van der Waals surface area contributed by atoms with Gasteiger partial charge in [-0.15, -0.1) is 0 Å². The predicted octanol–water partition coefficient (Wildman–Crippen LogP) is 4.55. The van der Waals surface area contributed by atoms with Crippen LogP contribution in [0.15, 0.2) is 0 Å². The van der Waals surface area contributed by atoms with E-state index in [4.69, 9.17) is 0 Å². The molecule has 0 aromatic heterocycles. The Kier molecular flexibility index (Phi) is 7.70. The van der Waals surface area contributed by atoms with Crippen LogP contribution >= 0.6 is 0 Å². The first-order chi connectivity index (χ1) is 9.74. The van der Waals surface area contributed by atoms with Gasteiger partial charge >= 0.3 is 0 Å². The van der Waals surface area contributed by atoms with E-state index in [0.29, 0.717) is 17.5 Å². The fraction of sp³-hybridized carbons (Fsp3) is 1.00. The van der Waals surface area contributed by atoms with Crippen molar-refractivity contribution in [3.63, 3.8) is 0 Å². The van der Waals surface area contributed by atoms with Crippen LogP contribution in [-0.4, -0.2) is 37.1 Å². The molecule has 0 amide bonds. The van der Waals surface area contributed by atoms with Gasteiger partial charge in [0.1, 0.15) is 0 Å². The summed E-state index contributed by atoms with van der Waals surface area (Å²) in [7, 11) is 2.34. The smallest absolute Gasteiger partial charge is 0.00665 e. The summed E-state index contributed by atoms with van der Waals surface area (Å²) < 4.78 is 0. The van der Waals surface area contributed by atoms with Crippen molar-refractivity contribution in [1.29, 1.82) is 0 Å². The Balaban J connectivity index is 2.67. The molecule has 1 rings (SSSR count). The molecule has 21 heavy (non-hydrogen) atoms. The Morgan fingerprint density at radius 1 is 1.19 bits per heavy atom. The van der Waals surface area contributed by atoms with Crippen LogP contribution in [0.4, 0.5) is 0 Å². The van der Waals surface area contributed by atoms with Gasteiger partial charge in [-0.1, -0.05) is 47.5 Å². The van der Waals surface area contributed by atoms with Gasteiger partial charge in [0, 0.05) is 25.2 Å². The average molecular weight is 297 g/mol. The lowest BCUT2D eigenvalue weighted by atomic mass is 9.69. The van der Waals surface area contributed by atoms with Crippen molar-refractivity contribution in [2.24, 2.45) is 17.3 Å². The summed E-state index contributed by atoms with van der Waals surface area (Å²) in [4.78, 5) is 2.63. The van der Waals surface area contributed by atoms with E-state index in [-0.39, 0.29) is 0 Å². The molecule has 0 radical (unpaired) electrons. The molecule has 0 saturated heterocycles. The second kappa shape index (κ2) is 8.53. The summed E-state index contributed by atoms with van der Waals surface area (Å²) in [6.07, 6.45) is 6.93. The maximum absolute atomic E-state index is 3.73. The van der Waals surface area contributed by atoms with Crippen LogP contribution in [0.2, 0.25) is 0 Å². The number of nitrogens with zero attached hydrogens (tertiary/aromatic N) is 1. The molecule has 1 aliphatic carbocycles. The third kappa shape index (κ3) is 6.69. The molecule has 0 heterocycles. The lowest BCUT2D eigenvalue weighted by molar-refractivity contribution is 0.0696. The Morgan fingerprint density at radius 2 is 1.86 bits per heavy atom. The van der Waals surface area contributed by atoms with E-state index in [2.05, 4.69) is 58.8 Å². The van der Waals surface area contributed by atoms with Crippen LogP contribution in [0.5, 0.6) is 0 Å². The Labute approximate surface area is 134 Å². The molecule has 0 aromatic carbocycles. The van der Waals surface area contributed by atoms with Crippen molar-refractivity contribution in [3.8, 4) is 0 Å². The maximum atomic E-state index is 3.73. The molecule has 3 unspecified atom stereocenters. The molecule has 1 saturated carbocycles. The van der Waals surface area contributed by atoms with Gasteiger partial charge in [-0.25, -0.2) is 0 Å². The lowest BCUT2D eigenvalue weighted by Gasteiger charge is -2.44. The largest absolute Gasteiger partial charge is 0.314 e. The fourth-order valence-corrected chi connectivity index (χ4v) is 4.10. The summed E-state index contributed by atoms with van der Waals surface area (Å²) in [5, 5.41) is 3.73. The molecule has 0 aliphatic heterocycles. The molecule has 3 atom stereocenters. The zero-order valence-corrected chi connectivity index (χ0v) is 15.7. The predicted molar refractivity (Wildman–Crippen MR) is 94.8 cm³/mol. The summed E-state index contributed by atoms with van der Waals surface area (Å²) in [5.74, 6) is 1.68. The minimum Gasteiger partial charge on any atom is -0.314 e. The quantitative estimate of drug-likeness (QED) is 0.707. The molecule has 1 aliphatic rings. The normalized spacial score (nSPS) is 28.6. The van der Waals surface area contributed by atoms with E-state index in [1.807, 2.05) is 0 Å². The average Bonchev–Trinajstić information content (AvgIpc) is 2.35. The van der Waals surface area contributed by atoms with Crippen molar-refractivity contribution in [2.45, 2.75) is 85.7 Å². The van der Waals surface area contributed by atoms with Gasteiger partial charge in [0.15, 0.2) is 0 Å². The highest BCUT2D eigenvalue weighted by molar-refractivity contribution is 4.90. The van der Waals surface area contributed by atoms with Crippen LogP contribution in [0.25, 0.3) is 0 Å². The zero-order valence-electron chi connectivity index (χ0n) is 15.7. The third-order valence-electron chi connectivity index (χ3n) is 5.22. The van der Waals surface area contributed by atoms with Crippen LogP contribution in [0.1, 0.15) is 73.6 Å². The van der Waals surface area contributed by atoms with Gasteiger partial charge < -0.3 is 10.2 Å². The van der Waals surface area contributed by atoms with Crippen LogP contribution in [0.3, 0.4) is 0 Å². The second-order valence-electron chi connectivity index (χ2n) is 8.63. The van der Waals surface area contributed by atoms with E-state index in [9.17, 15) is 0 Å². The fourth-order valence-electron chi connectivity index (χ4n) is 4.10. The third-order valence-corrected chi connectivity index (χ3v) is 5.22. The number of hydrogen-bond donors (Lipinski definition) is 1. The molecule has 2 heteroatoms. The van der Waals surface area contributed by atoms with Gasteiger partial charge in [0.25, 0.3) is 0 Å². The van der Waals surface area contributed by atoms with E-state index in [1.54, 1.807) is 0 Å². The van der Waals surface area contributed by atoms with Crippen molar-refractivity contribution >= 4 is 0 Å². The molecule has 126 valence electrons. The molecular weight excluding hydrogens is 256 g/mol. The molecule has 1 fully saturated rings. The summed E-state index contributed by atoms with van der Waals surface area (Å²) in [6.45, 7) is 16.5. The second-order valence-corrected chi connectivity index (χ2v) is 8.63. The van der Waals surface area contributed by atoms with Crippen molar-refractivity contribution < 1.29 is 0 Å². The van der Waals surface area contributed by atoms with Crippen molar-refractivity contribution in [3.05, 3.63) is 0 Å². The Hall–Kier alpha value is -0.0800. The van der Waals surface area contributed by atoms with E-state index in [0.717, 1.165) is 11.8 Å². The molecule has 0 aromatic rings. The summed E-state index contributed by atoms with van der Waals surface area (Å²) in [6, 6.07) is 1.29. The topological polar surface area (TPSA) is 15.3 Å². The summed E-state index contributed by atoms with van der Waals surface area (Å²) >= 11 is 0. The highest BCUT2D eigenvalue weighted by Gasteiger charge is 2.36. The molecule has 0 spiro atoms. The number of hydrogen-bond acceptors (Lipinski definition) is 2. The van der Waals surface area contributed by atoms with Crippen molar-refractivity contribution in [1.82, 2.24) is 10.2 Å². The van der Waals surface area contributed by atoms with Gasteiger partial charge in [-0.2, -0.15) is 0 Å². The van der Waals surface area contributed by atoms with Crippen molar-refractivity contribution in [2.75, 3.05) is 20.1 Å². The summed E-state index contributed by atoms with van der Waals surface area (Å²) in [5.41, 5.74) is 0.488. The van der Waals surface area contributed by atoms with Gasteiger partial charge in [-0.05, 0) is 50.5 Å². The van der Waals surface area contributed by atoms with Crippen LogP contribution < -0.4 is 5.32 Å². The Morgan fingerprint density at radius 3 is 2.38 bits per heavy atom. The minimum absolute atomic E-state index is 0.488. The zero-order chi connectivity index (χ0) is 16.0. The maximum Gasteiger partial charge on any atom is 0.00665 e. The highest BCUT2D eigenvalue weighted by Crippen LogP contribution is 2.40. The van der Waals surface area contributed by atoms with Crippen LogP contribution in [-0.2, 0) is 0 Å². The Bertz CT molecular complexity index is 287. The van der Waals surface area contributed by atoms with E-state index >= 15 is 0 Å². The molecule has 2 nitrogen and oxygen atoms in total. The molecule has 0 bridgehead atoms. The van der Waals surface area contributed by atoms with Crippen LogP contribution in [0, 0.1) is 17.3 Å². The van der Waals surface area contributed by atoms with E-state index < -0.39 is 0 Å². The monoisotopic (exact) mass is 296 g/mol. The minimum atomic E-state index is 0.488. The van der Waals surface area contributed by atoms with Gasteiger partial charge in [0.2, 0.25) is 0 Å². The molecular formula is C19H40N2. The first-order valence-electron chi connectivity index (χ1n) is 9.18. The van der Waals surface area contributed by atoms with Gasteiger partial charge in [-0.3, -0.25) is 0 Å². The van der Waals surface area contributed by atoms with Gasteiger partial charge in [0.05, 0.1) is 0 Å². The lowest BCUT2D eigenvalue weighted by Crippen LogP contribution is -2.49.